The Morgan fingerprint density at radius 3 is 1.70 bits per heavy atom. The lowest BCUT2D eigenvalue weighted by Crippen LogP contribution is -2.11. The number of hydrogen-bond donors (Lipinski definition) is 3. The summed E-state index contributed by atoms with van der Waals surface area (Å²) in [6.45, 7) is 1.40. The summed E-state index contributed by atoms with van der Waals surface area (Å²) >= 11 is 0. The molecule has 0 saturated heterocycles. The van der Waals surface area contributed by atoms with Crippen molar-refractivity contribution in [1.82, 2.24) is 15.0 Å². The number of benzene rings is 2. The summed E-state index contributed by atoms with van der Waals surface area (Å²) in [5, 5.41) is 9.62. The van der Waals surface area contributed by atoms with E-state index >= 15 is 0 Å². The minimum atomic E-state index is 0. The van der Waals surface area contributed by atoms with Crippen molar-refractivity contribution in [3.05, 3.63) is 60.7 Å². The lowest BCUT2D eigenvalue weighted by molar-refractivity contribution is 0.197. The number of ether oxygens (including phenoxy) is 1. The van der Waals surface area contributed by atoms with Gasteiger partial charge in [0, 0.05) is 31.6 Å². The molecule has 27 heavy (non-hydrogen) atoms. The van der Waals surface area contributed by atoms with E-state index < -0.39 is 0 Å². The smallest absolute Gasteiger partial charge is 0.233 e. The molecular formula is C19H23ClN6O. The molecule has 0 saturated carbocycles. The molecule has 142 valence electrons. The zero-order chi connectivity index (χ0) is 18.0. The van der Waals surface area contributed by atoms with E-state index in [1.54, 1.807) is 7.11 Å². The van der Waals surface area contributed by atoms with Gasteiger partial charge in [-0.05, 0) is 30.7 Å². The molecular weight excluding hydrogens is 364 g/mol. The second kappa shape index (κ2) is 10.9. The number of aromatic nitrogens is 3. The molecule has 3 N–H and O–H groups in total. The van der Waals surface area contributed by atoms with Crippen LogP contribution in [0, 0.1) is 0 Å². The van der Waals surface area contributed by atoms with Crippen LogP contribution in [0.5, 0.6) is 0 Å². The lowest BCUT2D eigenvalue weighted by Gasteiger charge is -2.11. The highest BCUT2D eigenvalue weighted by Gasteiger charge is 2.07. The van der Waals surface area contributed by atoms with Gasteiger partial charge in [0.25, 0.3) is 0 Å². The van der Waals surface area contributed by atoms with Gasteiger partial charge in [0.2, 0.25) is 17.8 Å². The van der Waals surface area contributed by atoms with Crippen molar-refractivity contribution < 1.29 is 4.74 Å². The van der Waals surface area contributed by atoms with Gasteiger partial charge in [0.15, 0.2) is 0 Å². The molecule has 0 atom stereocenters. The zero-order valence-electron chi connectivity index (χ0n) is 15.1. The fraction of sp³-hybridized carbons (Fsp3) is 0.211. The number of hydrogen-bond acceptors (Lipinski definition) is 7. The first-order valence-electron chi connectivity index (χ1n) is 8.46. The van der Waals surface area contributed by atoms with Crippen LogP contribution in [-0.2, 0) is 4.74 Å². The average molecular weight is 387 g/mol. The topological polar surface area (TPSA) is 84.0 Å². The second-order valence-corrected chi connectivity index (χ2v) is 5.56. The maximum atomic E-state index is 5.07. The molecule has 0 aliphatic carbocycles. The Kier molecular flexibility index (Phi) is 8.28. The fourth-order valence-corrected chi connectivity index (χ4v) is 2.28. The van der Waals surface area contributed by atoms with E-state index in [9.17, 15) is 0 Å². The number of nitrogens with zero attached hydrogens (tertiary/aromatic N) is 3. The summed E-state index contributed by atoms with van der Waals surface area (Å²) in [5.41, 5.74) is 1.82. The predicted molar refractivity (Wildman–Crippen MR) is 112 cm³/mol. The molecule has 7 nitrogen and oxygen atoms in total. The van der Waals surface area contributed by atoms with Crippen molar-refractivity contribution in [2.75, 3.05) is 36.2 Å². The summed E-state index contributed by atoms with van der Waals surface area (Å²) in [6, 6.07) is 19.6. The van der Waals surface area contributed by atoms with Gasteiger partial charge in [-0.15, -0.1) is 12.4 Å². The number of para-hydroxylation sites is 2. The first-order chi connectivity index (χ1) is 12.8. The Balaban J connectivity index is 0.00000261. The van der Waals surface area contributed by atoms with Crippen molar-refractivity contribution in [2.45, 2.75) is 6.42 Å². The van der Waals surface area contributed by atoms with E-state index in [-0.39, 0.29) is 12.4 Å². The van der Waals surface area contributed by atoms with E-state index in [1.807, 2.05) is 60.7 Å². The van der Waals surface area contributed by atoms with Crippen molar-refractivity contribution in [3.63, 3.8) is 0 Å². The molecule has 0 unspecified atom stereocenters. The molecule has 2 aromatic carbocycles. The first kappa shape index (κ1) is 20.4. The number of rotatable bonds is 9. The van der Waals surface area contributed by atoms with Gasteiger partial charge in [0.1, 0.15) is 0 Å². The molecule has 0 radical (unpaired) electrons. The number of anilines is 5. The molecule has 0 aliphatic heterocycles. The monoisotopic (exact) mass is 386 g/mol. The fourth-order valence-electron chi connectivity index (χ4n) is 2.28. The molecule has 0 spiro atoms. The van der Waals surface area contributed by atoms with Crippen molar-refractivity contribution in [1.29, 1.82) is 0 Å². The molecule has 3 rings (SSSR count). The van der Waals surface area contributed by atoms with Gasteiger partial charge in [-0.1, -0.05) is 36.4 Å². The molecule has 0 bridgehead atoms. The molecule has 0 aliphatic rings. The van der Waals surface area contributed by atoms with Crippen LogP contribution in [-0.4, -0.2) is 35.2 Å². The van der Waals surface area contributed by atoms with Crippen LogP contribution in [0.25, 0.3) is 0 Å². The Bertz CT molecular complexity index is 744. The molecule has 8 heteroatoms. The van der Waals surface area contributed by atoms with Gasteiger partial charge in [-0.25, -0.2) is 0 Å². The average Bonchev–Trinajstić information content (AvgIpc) is 2.67. The van der Waals surface area contributed by atoms with Crippen LogP contribution in [0.1, 0.15) is 6.42 Å². The number of halogens is 1. The molecule has 1 aromatic heterocycles. The zero-order valence-corrected chi connectivity index (χ0v) is 15.9. The molecule has 3 aromatic rings. The minimum Gasteiger partial charge on any atom is -0.385 e. The molecule has 1 heterocycles. The van der Waals surface area contributed by atoms with Gasteiger partial charge in [0.05, 0.1) is 0 Å². The third-order valence-corrected chi connectivity index (χ3v) is 3.50. The van der Waals surface area contributed by atoms with E-state index in [4.69, 9.17) is 4.74 Å². The normalized spacial score (nSPS) is 9.96. The highest BCUT2D eigenvalue weighted by atomic mass is 35.5. The van der Waals surface area contributed by atoms with Crippen LogP contribution >= 0.6 is 12.4 Å². The number of nitrogens with one attached hydrogen (secondary N) is 3. The number of methoxy groups -OCH3 is 1. The van der Waals surface area contributed by atoms with Gasteiger partial charge in [-0.2, -0.15) is 15.0 Å². The Labute approximate surface area is 165 Å². The van der Waals surface area contributed by atoms with Gasteiger partial charge in [-0.3, -0.25) is 0 Å². The molecule has 0 amide bonds. The second-order valence-electron chi connectivity index (χ2n) is 5.56. The first-order valence-corrected chi connectivity index (χ1v) is 8.46. The SMILES string of the molecule is COCCCNc1nc(Nc2ccccc2)nc(Nc2ccccc2)n1.Cl. The van der Waals surface area contributed by atoms with Crippen molar-refractivity contribution >= 4 is 41.6 Å². The minimum absolute atomic E-state index is 0. The van der Waals surface area contributed by atoms with Crippen LogP contribution in [0.4, 0.5) is 29.2 Å². The third-order valence-electron chi connectivity index (χ3n) is 3.50. The van der Waals surface area contributed by atoms with E-state index in [2.05, 4.69) is 30.9 Å². The van der Waals surface area contributed by atoms with Crippen LogP contribution in [0.3, 0.4) is 0 Å². The standard InChI is InChI=1S/C19H22N6O.ClH/c1-26-14-8-13-20-17-23-18(21-15-9-4-2-5-10-15)25-19(24-17)22-16-11-6-3-7-12-16;/h2-7,9-12H,8,13-14H2,1H3,(H3,20,21,22,23,24,25);1H. The molecule has 0 fully saturated rings. The Hall–Kier alpha value is -2.90. The maximum absolute atomic E-state index is 5.07. The van der Waals surface area contributed by atoms with E-state index in [1.165, 1.54) is 0 Å². The van der Waals surface area contributed by atoms with Crippen LogP contribution in [0.15, 0.2) is 60.7 Å². The van der Waals surface area contributed by atoms with Crippen molar-refractivity contribution in [2.24, 2.45) is 0 Å². The third kappa shape index (κ3) is 6.73. The maximum Gasteiger partial charge on any atom is 0.233 e. The van der Waals surface area contributed by atoms with E-state index in [0.717, 1.165) is 17.8 Å². The quantitative estimate of drug-likeness (QED) is 0.474. The Morgan fingerprint density at radius 2 is 1.22 bits per heavy atom. The lowest BCUT2D eigenvalue weighted by atomic mass is 10.3. The highest BCUT2D eigenvalue weighted by Crippen LogP contribution is 2.18. The van der Waals surface area contributed by atoms with Crippen LogP contribution < -0.4 is 16.0 Å². The Morgan fingerprint density at radius 1 is 0.741 bits per heavy atom. The van der Waals surface area contributed by atoms with E-state index in [0.29, 0.717) is 31.0 Å². The highest BCUT2D eigenvalue weighted by molar-refractivity contribution is 5.85. The van der Waals surface area contributed by atoms with Crippen molar-refractivity contribution in [3.8, 4) is 0 Å². The van der Waals surface area contributed by atoms with Gasteiger partial charge < -0.3 is 20.7 Å². The van der Waals surface area contributed by atoms with Gasteiger partial charge >= 0.3 is 0 Å². The summed E-state index contributed by atoms with van der Waals surface area (Å²) in [7, 11) is 1.69. The van der Waals surface area contributed by atoms with Crippen LogP contribution in [0.2, 0.25) is 0 Å². The largest absolute Gasteiger partial charge is 0.385 e. The summed E-state index contributed by atoms with van der Waals surface area (Å²) in [6.07, 6.45) is 0.866. The predicted octanol–water partition coefficient (Wildman–Crippen LogP) is 4.23. The summed E-state index contributed by atoms with van der Waals surface area (Å²) in [5.74, 6) is 1.45. The summed E-state index contributed by atoms with van der Waals surface area (Å²) < 4.78 is 5.07. The summed E-state index contributed by atoms with van der Waals surface area (Å²) in [4.78, 5) is 13.3.